The van der Waals surface area contributed by atoms with Crippen LogP contribution in [0, 0.1) is 5.92 Å². The van der Waals surface area contributed by atoms with Gasteiger partial charge in [-0.2, -0.15) is 0 Å². The Balaban J connectivity index is 1.63. The van der Waals surface area contributed by atoms with Gasteiger partial charge in [-0.3, -0.25) is 0 Å². The molecule has 0 aromatic carbocycles. The summed E-state index contributed by atoms with van der Waals surface area (Å²) in [5.74, 6) is 2.03. The predicted molar refractivity (Wildman–Crippen MR) is 79.4 cm³/mol. The standard InChI is InChI=1S/C16H27N3/c1-13-7-9-14(10-8-13)18-16-17-11-12-19(16)15-5-3-2-4-6-15/h11-15H,2-10H2,1H3,(H,17,18). The summed E-state index contributed by atoms with van der Waals surface area (Å²) < 4.78 is 2.40. The van der Waals surface area contributed by atoms with Gasteiger partial charge >= 0.3 is 0 Å². The molecule has 1 aromatic rings. The summed E-state index contributed by atoms with van der Waals surface area (Å²) in [6.45, 7) is 2.37. The molecule has 1 aromatic heterocycles. The van der Waals surface area contributed by atoms with Gasteiger partial charge in [-0.05, 0) is 44.4 Å². The fourth-order valence-corrected chi connectivity index (χ4v) is 3.67. The number of hydrogen-bond donors (Lipinski definition) is 1. The fourth-order valence-electron chi connectivity index (χ4n) is 3.67. The van der Waals surface area contributed by atoms with E-state index in [4.69, 9.17) is 0 Å². The molecule has 2 aliphatic rings. The van der Waals surface area contributed by atoms with Gasteiger partial charge in [0.05, 0.1) is 0 Å². The first kappa shape index (κ1) is 13.0. The lowest BCUT2D eigenvalue weighted by Crippen LogP contribution is -2.27. The Morgan fingerprint density at radius 2 is 1.79 bits per heavy atom. The van der Waals surface area contributed by atoms with Crippen molar-refractivity contribution < 1.29 is 0 Å². The van der Waals surface area contributed by atoms with E-state index >= 15 is 0 Å². The van der Waals surface area contributed by atoms with Crippen LogP contribution in [0.5, 0.6) is 0 Å². The fraction of sp³-hybridized carbons (Fsp3) is 0.812. The Morgan fingerprint density at radius 3 is 2.53 bits per heavy atom. The summed E-state index contributed by atoms with van der Waals surface area (Å²) in [5.41, 5.74) is 0. The summed E-state index contributed by atoms with van der Waals surface area (Å²) in [7, 11) is 0. The topological polar surface area (TPSA) is 29.9 Å². The average Bonchev–Trinajstić information content (AvgIpc) is 2.90. The molecule has 3 heteroatoms. The molecular weight excluding hydrogens is 234 g/mol. The van der Waals surface area contributed by atoms with Crippen molar-refractivity contribution in [3.05, 3.63) is 12.4 Å². The zero-order chi connectivity index (χ0) is 13.1. The van der Waals surface area contributed by atoms with Gasteiger partial charge in [0.15, 0.2) is 0 Å². The first-order chi connectivity index (χ1) is 9.33. The van der Waals surface area contributed by atoms with E-state index < -0.39 is 0 Å². The van der Waals surface area contributed by atoms with Crippen LogP contribution in [0.1, 0.15) is 70.8 Å². The second-order valence-corrected chi connectivity index (χ2v) is 6.55. The van der Waals surface area contributed by atoms with Gasteiger partial charge in [0.1, 0.15) is 0 Å². The number of hydrogen-bond acceptors (Lipinski definition) is 2. The number of nitrogens with zero attached hydrogens (tertiary/aromatic N) is 2. The van der Waals surface area contributed by atoms with Crippen molar-refractivity contribution in [1.82, 2.24) is 9.55 Å². The van der Waals surface area contributed by atoms with Crippen molar-refractivity contribution in [2.75, 3.05) is 5.32 Å². The third-order valence-electron chi connectivity index (χ3n) is 4.99. The van der Waals surface area contributed by atoms with Crippen molar-refractivity contribution in [2.24, 2.45) is 5.92 Å². The zero-order valence-electron chi connectivity index (χ0n) is 12.1. The molecule has 0 amide bonds. The summed E-state index contributed by atoms with van der Waals surface area (Å²) >= 11 is 0. The summed E-state index contributed by atoms with van der Waals surface area (Å²) in [6.07, 6.45) is 16.3. The lowest BCUT2D eigenvalue weighted by molar-refractivity contribution is 0.345. The highest BCUT2D eigenvalue weighted by Crippen LogP contribution is 2.31. The molecule has 2 saturated carbocycles. The number of nitrogens with one attached hydrogen (secondary N) is 1. The highest BCUT2D eigenvalue weighted by Gasteiger charge is 2.22. The van der Waals surface area contributed by atoms with Crippen molar-refractivity contribution in [2.45, 2.75) is 76.8 Å². The predicted octanol–water partition coefficient (Wildman–Crippen LogP) is 4.38. The third kappa shape index (κ3) is 3.13. The van der Waals surface area contributed by atoms with Gasteiger partial charge in [-0.15, -0.1) is 0 Å². The molecule has 0 saturated heterocycles. The summed E-state index contributed by atoms with van der Waals surface area (Å²) in [4.78, 5) is 4.56. The van der Waals surface area contributed by atoms with Crippen LogP contribution in [0.3, 0.4) is 0 Å². The molecule has 0 aliphatic heterocycles. The van der Waals surface area contributed by atoms with Gasteiger partial charge in [-0.25, -0.2) is 4.98 Å². The third-order valence-corrected chi connectivity index (χ3v) is 4.99. The molecule has 0 atom stereocenters. The molecule has 106 valence electrons. The largest absolute Gasteiger partial charge is 0.353 e. The van der Waals surface area contributed by atoms with E-state index in [0.29, 0.717) is 12.1 Å². The van der Waals surface area contributed by atoms with Crippen LogP contribution in [-0.4, -0.2) is 15.6 Å². The first-order valence-corrected chi connectivity index (χ1v) is 8.12. The maximum Gasteiger partial charge on any atom is 0.203 e. The molecule has 19 heavy (non-hydrogen) atoms. The maximum absolute atomic E-state index is 4.56. The second kappa shape index (κ2) is 5.98. The van der Waals surface area contributed by atoms with E-state index in [1.54, 1.807) is 0 Å². The van der Waals surface area contributed by atoms with Gasteiger partial charge in [-0.1, -0.05) is 26.2 Å². The highest BCUT2D eigenvalue weighted by atomic mass is 15.2. The van der Waals surface area contributed by atoms with E-state index in [0.717, 1.165) is 11.9 Å². The number of imidazole rings is 1. The molecule has 0 spiro atoms. The summed E-state index contributed by atoms with van der Waals surface area (Å²) in [5, 5.41) is 3.70. The van der Waals surface area contributed by atoms with Crippen LogP contribution in [-0.2, 0) is 0 Å². The molecule has 2 fully saturated rings. The minimum Gasteiger partial charge on any atom is -0.353 e. The molecular formula is C16H27N3. The van der Waals surface area contributed by atoms with E-state index in [-0.39, 0.29) is 0 Å². The van der Waals surface area contributed by atoms with Gasteiger partial charge in [0.2, 0.25) is 5.95 Å². The molecule has 3 nitrogen and oxygen atoms in total. The lowest BCUT2D eigenvalue weighted by atomic mass is 9.87. The maximum atomic E-state index is 4.56. The molecule has 1 heterocycles. The van der Waals surface area contributed by atoms with E-state index in [1.807, 2.05) is 6.20 Å². The monoisotopic (exact) mass is 261 g/mol. The second-order valence-electron chi connectivity index (χ2n) is 6.55. The molecule has 0 bridgehead atoms. The van der Waals surface area contributed by atoms with E-state index in [2.05, 4.69) is 28.0 Å². The molecule has 0 unspecified atom stereocenters. The number of aromatic nitrogens is 2. The Kier molecular flexibility index (Phi) is 4.09. The molecule has 2 aliphatic carbocycles. The SMILES string of the molecule is CC1CCC(Nc2nccn2C2CCCCC2)CC1. The minimum absolute atomic E-state index is 0.640. The highest BCUT2D eigenvalue weighted by molar-refractivity contribution is 5.28. The Morgan fingerprint density at radius 1 is 1.05 bits per heavy atom. The minimum atomic E-state index is 0.640. The van der Waals surface area contributed by atoms with Crippen LogP contribution >= 0.6 is 0 Å². The molecule has 3 rings (SSSR count). The van der Waals surface area contributed by atoms with Crippen LogP contribution in [0.4, 0.5) is 5.95 Å². The van der Waals surface area contributed by atoms with Gasteiger partial charge in [0, 0.05) is 24.5 Å². The van der Waals surface area contributed by atoms with Crippen molar-refractivity contribution in [1.29, 1.82) is 0 Å². The van der Waals surface area contributed by atoms with Crippen LogP contribution in [0.15, 0.2) is 12.4 Å². The molecule has 1 N–H and O–H groups in total. The Bertz CT molecular complexity index is 384. The van der Waals surface area contributed by atoms with Crippen molar-refractivity contribution in [3.63, 3.8) is 0 Å². The van der Waals surface area contributed by atoms with Gasteiger partial charge in [0.25, 0.3) is 0 Å². The molecule has 0 radical (unpaired) electrons. The van der Waals surface area contributed by atoms with Crippen LogP contribution < -0.4 is 5.32 Å². The smallest absolute Gasteiger partial charge is 0.203 e. The Labute approximate surface area is 116 Å². The van der Waals surface area contributed by atoms with Crippen molar-refractivity contribution >= 4 is 5.95 Å². The number of anilines is 1. The quantitative estimate of drug-likeness (QED) is 0.875. The Hall–Kier alpha value is -0.990. The normalized spacial score (nSPS) is 29.3. The van der Waals surface area contributed by atoms with E-state index in [9.17, 15) is 0 Å². The van der Waals surface area contributed by atoms with Crippen LogP contribution in [0.25, 0.3) is 0 Å². The van der Waals surface area contributed by atoms with E-state index in [1.165, 1.54) is 57.8 Å². The van der Waals surface area contributed by atoms with Crippen molar-refractivity contribution in [3.8, 4) is 0 Å². The average molecular weight is 261 g/mol. The van der Waals surface area contributed by atoms with Crippen LogP contribution in [0.2, 0.25) is 0 Å². The summed E-state index contributed by atoms with van der Waals surface area (Å²) in [6, 6.07) is 1.32. The zero-order valence-corrected chi connectivity index (χ0v) is 12.1. The first-order valence-electron chi connectivity index (χ1n) is 8.12. The lowest BCUT2D eigenvalue weighted by Gasteiger charge is -2.29. The van der Waals surface area contributed by atoms with Gasteiger partial charge < -0.3 is 9.88 Å². The number of rotatable bonds is 3.